The maximum absolute atomic E-state index is 12.8. The summed E-state index contributed by atoms with van der Waals surface area (Å²) < 4.78 is 26.9. The molecule has 0 saturated heterocycles. The molecule has 8 nitrogen and oxygen atoms in total. The second kappa shape index (κ2) is 6.32. The number of anilines is 1. The number of primary amides is 1. The van der Waals surface area contributed by atoms with Gasteiger partial charge in [-0.15, -0.1) is 0 Å². The van der Waals surface area contributed by atoms with Crippen molar-refractivity contribution in [2.75, 3.05) is 10.8 Å². The minimum Gasteiger partial charge on any atom is -0.370 e. The molecule has 2 aromatic carbocycles. The molecule has 0 fully saturated rings. The highest BCUT2D eigenvalue weighted by atomic mass is 32.2. The number of hydrogen-bond acceptors (Lipinski definition) is 5. The molecule has 3 rings (SSSR count). The zero-order valence-corrected chi connectivity index (χ0v) is 14.2. The van der Waals surface area contributed by atoms with E-state index in [0.29, 0.717) is 35.7 Å². The third-order valence-electron chi connectivity index (χ3n) is 4.28. The van der Waals surface area contributed by atoms with E-state index in [1.54, 1.807) is 6.07 Å². The van der Waals surface area contributed by atoms with Crippen LogP contribution < -0.4 is 10.0 Å². The number of sulfonamides is 1. The number of nitrogens with two attached hydrogens (primary N) is 1. The molecule has 1 aliphatic rings. The Kier molecular flexibility index (Phi) is 4.34. The van der Waals surface area contributed by atoms with E-state index in [1.807, 2.05) is 0 Å². The molecular formula is C16H17N3O5S. The molecule has 0 unspecified atom stereocenters. The van der Waals surface area contributed by atoms with Crippen LogP contribution in [-0.2, 0) is 14.8 Å². The van der Waals surface area contributed by atoms with E-state index in [2.05, 4.69) is 0 Å². The highest BCUT2D eigenvalue weighted by Gasteiger charge is 2.36. The van der Waals surface area contributed by atoms with E-state index in [4.69, 9.17) is 5.73 Å². The Morgan fingerprint density at radius 3 is 2.60 bits per heavy atom. The summed E-state index contributed by atoms with van der Waals surface area (Å²) in [5.74, 6) is -0.377. The molecule has 1 heterocycles. The Bertz CT molecular complexity index is 971. The number of nitrogens with zero attached hydrogens (tertiary/aromatic N) is 2. The molecule has 0 radical (unpaired) electrons. The minimum absolute atomic E-state index is 0.0980. The van der Waals surface area contributed by atoms with Gasteiger partial charge in [-0.25, -0.2) is 8.42 Å². The maximum atomic E-state index is 12.8. The molecule has 9 heteroatoms. The first-order valence-corrected chi connectivity index (χ1v) is 9.29. The van der Waals surface area contributed by atoms with Crippen LogP contribution in [0.2, 0.25) is 0 Å². The lowest BCUT2D eigenvalue weighted by Gasteiger charge is -2.18. The van der Waals surface area contributed by atoms with Gasteiger partial charge in [0.25, 0.3) is 15.7 Å². The minimum atomic E-state index is -3.73. The predicted molar refractivity (Wildman–Crippen MR) is 92.8 cm³/mol. The van der Waals surface area contributed by atoms with Crippen LogP contribution >= 0.6 is 0 Å². The van der Waals surface area contributed by atoms with E-state index in [9.17, 15) is 23.3 Å². The van der Waals surface area contributed by atoms with E-state index in [0.717, 1.165) is 0 Å². The molecule has 0 atom stereocenters. The highest BCUT2D eigenvalue weighted by Crippen LogP contribution is 2.45. The number of unbranched alkanes of at least 4 members (excludes halogenated alkanes) is 2. The average Bonchev–Trinajstić information content (AvgIpc) is 2.77. The second-order valence-corrected chi connectivity index (χ2v) is 7.72. The van der Waals surface area contributed by atoms with Crippen LogP contribution in [0.3, 0.4) is 0 Å². The molecule has 132 valence electrons. The summed E-state index contributed by atoms with van der Waals surface area (Å²) in [4.78, 5) is 21.5. The van der Waals surface area contributed by atoms with Crippen LogP contribution in [0.5, 0.6) is 0 Å². The van der Waals surface area contributed by atoms with Crippen molar-refractivity contribution in [1.29, 1.82) is 0 Å². The number of carbonyl (C=O) groups is 1. The Morgan fingerprint density at radius 2 is 1.92 bits per heavy atom. The normalized spacial score (nSPS) is 14.8. The van der Waals surface area contributed by atoms with Gasteiger partial charge in [-0.1, -0.05) is 12.5 Å². The molecule has 1 aliphatic heterocycles. The van der Waals surface area contributed by atoms with Crippen LogP contribution in [0.15, 0.2) is 35.2 Å². The number of nitro groups is 1. The summed E-state index contributed by atoms with van der Waals surface area (Å²) in [6.07, 6.45) is 2.11. The van der Waals surface area contributed by atoms with Crippen molar-refractivity contribution < 1.29 is 18.1 Å². The van der Waals surface area contributed by atoms with Crippen molar-refractivity contribution in [2.45, 2.75) is 30.6 Å². The second-order valence-electron chi connectivity index (χ2n) is 5.89. The molecule has 0 aromatic heterocycles. The summed E-state index contributed by atoms with van der Waals surface area (Å²) >= 11 is 0. The molecule has 25 heavy (non-hydrogen) atoms. The van der Waals surface area contributed by atoms with Gasteiger partial charge in [0, 0.05) is 24.4 Å². The van der Waals surface area contributed by atoms with E-state index >= 15 is 0 Å². The van der Waals surface area contributed by atoms with Gasteiger partial charge in [0.2, 0.25) is 5.91 Å². The van der Waals surface area contributed by atoms with Crippen molar-refractivity contribution in [2.24, 2.45) is 5.73 Å². The fraction of sp³-hybridized carbons (Fsp3) is 0.312. The Morgan fingerprint density at radius 1 is 1.16 bits per heavy atom. The van der Waals surface area contributed by atoms with Gasteiger partial charge in [-0.2, -0.15) is 0 Å². The van der Waals surface area contributed by atoms with Crippen molar-refractivity contribution in [3.05, 3.63) is 40.4 Å². The third-order valence-corrected chi connectivity index (χ3v) is 6.13. The SMILES string of the molecule is NC(=O)CCCCCN1c2ccc([N+](=O)[O-])c3cccc(c23)S1(=O)=O. The van der Waals surface area contributed by atoms with Crippen LogP contribution in [0.4, 0.5) is 11.4 Å². The molecule has 0 aliphatic carbocycles. The molecule has 0 saturated carbocycles. The topological polar surface area (TPSA) is 124 Å². The van der Waals surface area contributed by atoms with Crippen molar-refractivity contribution in [3.63, 3.8) is 0 Å². The number of amides is 1. The standard InChI is InChI=1S/C16H17N3O5S/c17-15(20)7-2-1-3-10-18-13-9-8-12(19(21)22)11-5-4-6-14(16(11)13)25(18,23)24/h4-6,8-9H,1-3,7,10H2,(H2,17,20). The van der Waals surface area contributed by atoms with E-state index in [1.165, 1.54) is 28.6 Å². The first kappa shape index (κ1) is 17.2. The van der Waals surface area contributed by atoms with Crippen molar-refractivity contribution >= 4 is 38.1 Å². The number of non-ortho nitro benzene ring substituents is 1. The monoisotopic (exact) mass is 363 g/mol. The predicted octanol–water partition coefficient (Wildman–Crippen LogP) is 2.30. The molecule has 1 amide bonds. The number of nitro benzene ring substituents is 1. The Balaban J connectivity index is 1.94. The fourth-order valence-corrected chi connectivity index (χ4v) is 4.88. The first-order valence-electron chi connectivity index (χ1n) is 7.85. The summed E-state index contributed by atoms with van der Waals surface area (Å²) in [5, 5.41) is 11.9. The van der Waals surface area contributed by atoms with E-state index in [-0.39, 0.29) is 29.5 Å². The molecule has 0 spiro atoms. The first-order chi connectivity index (χ1) is 11.8. The van der Waals surface area contributed by atoms with Gasteiger partial charge in [-0.05, 0) is 31.0 Å². The largest absolute Gasteiger partial charge is 0.370 e. The molecule has 2 aromatic rings. The lowest BCUT2D eigenvalue weighted by molar-refractivity contribution is -0.383. The van der Waals surface area contributed by atoms with E-state index < -0.39 is 14.9 Å². The van der Waals surface area contributed by atoms with Crippen LogP contribution in [0.25, 0.3) is 10.8 Å². The number of benzene rings is 2. The number of rotatable bonds is 7. The van der Waals surface area contributed by atoms with Gasteiger partial charge < -0.3 is 5.73 Å². The lowest BCUT2D eigenvalue weighted by Crippen LogP contribution is -2.28. The quantitative estimate of drug-likeness (QED) is 0.459. The van der Waals surface area contributed by atoms with Gasteiger partial charge >= 0.3 is 0 Å². The summed E-state index contributed by atoms with van der Waals surface area (Å²) in [7, 11) is -3.73. The molecule has 0 bridgehead atoms. The zero-order valence-electron chi connectivity index (χ0n) is 13.3. The summed E-state index contributed by atoms with van der Waals surface area (Å²) in [6.45, 7) is 0.253. The maximum Gasteiger partial charge on any atom is 0.277 e. The fourth-order valence-electron chi connectivity index (χ4n) is 3.14. The van der Waals surface area contributed by atoms with Gasteiger partial charge in [0.05, 0.1) is 20.9 Å². The number of hydrogen-bond donors (Lipinski definition) is 1. The smallest absolute Gasteiger partial charge is 0.277 e. The number of carbonyl (C=O) groups excluding carboxylic acids is 1. The zero-order chi connectivity index (χ0) is 18.2. The summed E-state index contributed by atoms with van der Waals surface area (Å²) in [6, 6.07) is 7.37. The lowest BCUT2D eigenvalue weighted by atomic mass is 10.1. The molecule has 2 N–H and O–H groups in total. The van der Waals surface area contributed by atoms with Crippen molar-refractivity contribution in [3.8, 4) is 0 Å². The van der Waals surface area contributed by atoms with Gasteiger partial charge in [-0.3, -0.25) is 19.2 Å². The van der Waals surface area contributed by atoms with Crippen LogP contribution in [0.1, 0.15) is 25.7 Å². The van der Waals surface area contributed by atoms with Gasteiger partial charge in [0.15, 0.2) is 0 Å². The Hall–Kier alpha value is -2.68. The van der Waals surface area contributed by atoms with Crippen molar-refractivity contribution in [1.82, 2.24) is 0 Å². The third kappa shape index (κ3) is 2.91. The Labute approximate surface area is 144 Å². The van der Waals surface area contributed by atoms with Crippen LogP contribution in [-0.4, -0.2) is 25.8 Å². The average molecular weight is 363 g/mol. The highest BCUT2D eigenvalue weighted by molar-refractivity contribution is 7.93. The summed E-state index contributed by atoms with van der Waals surface area (Å²) in [5.41, 5.74) is 5.44. The van der Waals surface area contributed by atoms with Crippen LogP contribution in [0, 0.1) is 10.1 Å². The van der Waals surface area contributed by atoms with Gasteiger partial charge in [0.1, 0.15) is 0 Å². The molecular weight excluding hydrogens is 346 g/mol.